The van der Waals surface area contributed by atoms with Crippen LogP contribution in [0.2, 0.25) is 0 Å². The second-order valence-corrected chi connectivity index (χ2v) is 8.10. The minimum Gasteiger partial charge on any atom is -0.378 e. The predicted molar refractivity (Wildman–Crippen MR) is 83.2 cm³/mol. The standard InChI is InChI=1S/C11H16N4O4S2/c1-2-21(18,19)10-7-20-6-5-14(10)9-4-3-8(15(16)17)11(12)13-9/h3-4,10H,2,5-7H2,1H3,(H2,12,13). The number of anilines is 2. The molecule has 1 aliphatic rings. The van der Waals surface area contributed by atoms with Gasteiger partial charge in [0.25, 0.3) is 0 Å². The monoisotopic (exact) mass is 332 g/mol. The second-order valence-electron chi connectivity index (χ2n) is 4.51. The van der Waals surface area contributed by atoms with Gasteiger partial charge >= 0.3 is 5.69 Å². The first-order chi connectivity index (χ1) is 9.86. The highest BCUT2D eigenvalue weighted by molar-refractivity contribution is 8.01. The number of rotatable bonds is 4. The van der Waals surface area contributed by atoms with E-state index < -0.39 is 20.1 Å². The van der Waals surface area contributed by atoms with E-state index in [1.807, 2.05) is 0 Å². The van der Waals surface area contributed by atoms with E-state index in [4.69, 9.17) is 5.73 Å². The topological polar surface area (TPSA) is 119 Å². The largest absolute Gasteiger partial charge is 0.378 e. The summed E-state index contributed by atoms with van der Waals surface area (Å²) in [4.78, 5) is 15.8. The molecule has 2 rings (SSSR count). The molecule has 1 atom stereocenters. The Bertz CT molecular complexity index is 650. The van der Waals surface area contributed by atoms with Crippen molar-refractivity contribution in [2.45, 2.75) is 12.3 Å². The van der Waals surface area contributed by atoms with Gasteiger partial charge in [-0.05, 0) is 6.07 Å². The van der Waals surface area contributed by atoms with Crippen molar-refractivity contribution in [3.63, 3.8) is 0 Å². The average Bonchev–Trinajstić information content (AvgIpc) is 2.46. The van der Waals surface area contributed by atoms with Gasteiger partial charge in [0.2, 0.25) is 5.82 Å². The maximum Gasteiger partial charge on any atom is 0.311 e. The fraction of sp³-hybridized carbons (Fsp3) is 0.545. The van der Waals surface area contributed by atoms with Crippen molar-refractivity contribution in [2.75, 3.05) is 34.4 Å². The molecule has 8 nitrogen and oxygen atoms in total. The molecule has 0 spiro atoms. The molecule has 2 N–H and O–H groups in total. The predicted octanol–water partition coefficient (Wildman–Crippen LogP) is 0.886. The molecule has 21 heavy (non-hydrogen) atoms. The lowest BCUT2D eigenvalue weighted by Gasteiger charge is -2.35. The number of nitrogens with zero attached hydrogens (tertiary/aromatic N) is 3. The molecule has 1 aromatic heterocycles. The lowest BCUT2D eigenvalue weighted by Crippen LogP contribution is -2.48. The van der Waals surface area contributed by atoms with Crippen LogP contribution in [0, 0.1) is 10.1 Å². The van der Waals surface area contributed by atoms with E-state index >= 15 is 0 Å². The minimum atomic E-state index is -3.27. The molecule has 2 heterocycles. The third kappa shape index (κ3) is 3.21. The summed E-state index contributed by atoms with van der Waals surface area (Å²) >= 11 is 1.57. The maximum absolute atomic E-state index is 12.2. The van der Waals surface area contributed by atoms with Gasteiger partial charge < -0.3 is 10.6 Å². The normalized spacial score (nSPS) is 19.5. The molecule has 0 aliphatic carbocycles. The number of sulfone groups is 1. The number of hydrogen-bond donors (Lipinski definition) is 1. The Morgan fingerprint density at radius 2 is 2.29 bits per heavy atom. The van der Waals surface area contributed by atoms with E-state index in [1.165, 1.54) is 12.1 Å². The van der Waals surface area contributed by atoms with Crippen molar-refractivity contribution in [1.29, 1.82) is 0 Å². The smallest absolute Gasteiger partial charge is 0.311 e. The van der Waals surface area contributed by atoms with Gasteiger partial charge in [-0.1, -0.05) is 6.92 Å². The van der Waals surface area contributed by atoms with Crippen LogP contribution in [0.15, 0.2) is 12.1 Å². The van der Waals surface area contributed by atoms with Crippen molar-refractivity contribution in [3.05, 3.63) is 22.2 Å². The Hall–Kier alpha value is -1.55. The molecule has 0 bridgehead atoms. The summed E-state index contributed by atoms with van der Waals surface area (Å²) in [7, 11) is -3.27. The van der Waals surface area contributed by atoms with Crippen LogP contribution in [0.4, 0.5) is 17.3 Å². The molecular weight excluding hydrogens is 316 g/mol. The van der Waals surface area contributed by atoms with Gasteiger partial charge in [0.05, 0.1) is 4.92 Å². The number of nitrogens with two attached hydrogens (primary N) is 1. The summed E-state index contributed by atoms with van der Waals surface area (Å²) in [5, 5.41) is 10.1. The number of pyridine rings is 1. The van der Waals surface area contributed by atoms with E-state index in [-0.39, 0.29) is 17.3 Å². The zero-order valence-electron chi connectivity index (χ0n) is 11.4. The summed E-state index contributed by atoms with van der Waals surface area (Å²) in [5.41, 5.74) is 5.30. The summed E-state index contributed by atoms with van der Waals surface area (Å²) in [6.07, 6.45) is 0. The second kappa shape index (κ2) is 6.06. The van der Waals surface area contributed by atoms with Crippen molar-refractivity contribution < 1.29 is 13.3 Å². The van der Waals surface area contributed by atoms with Gasteiger partial charge in [-0.25, -0.2) is 13.4 Å². The van der Waals surface area contributed by atoms with Crippen molar-refractivity contribution >= 4 is 38.9 Å². The minimum absolute atomic E-state index is 0.0389. The summed E-state index contributed by atoms with van der Waals surface area (Å²) in [6, 6.07) is 2.71. The highest BCUT2D eigenvalue weighted by Crippen LogP contribution is 2.29. The van der Waals surface area contributed by atoms with Crippen molar-refractivity contribution in [1.82, 2.24) is 4.98 Å². The Labute approximate surface area is 126 Å². The van der Waals surface area contributed by atoms with E-state index in [2.05, 4.69) is 4.98 Å². The molecule has 1 unspecified atom stereocenters. The van der Waals surface area contributed by atoms with Gasteiger partial charge in [-0.15, -0.1) is 0 Å². The van der Waals surface area contributed by atoms with Crippen LogP contribution >= 0.6 is 11.8 Å². The Balaban J connectivity index is 2.38. The van der Waals surface area contributed by atoms with Gasteiger partial charge in [-0.2, -0.15) is 11.8 Å². The lowest BCUT2D eigenvalue weighted by molar-refractivity contribution is -0.384. The van der Waals surface area contributed by atoms with Gasteiger partial charge in [0, 0.05) is 29.9 Å². The van der Waals surface area contributed by atoms with Crippen LogP contribution < -0.4 is 10.6 Å². The first-order valence-electron chi connectivity index (χ1n) is 6.33. The quantitative estimate of drug-likeness (QED) is 0.637. The number of nitrogen functional groups attached to an aromatic ring is 1. The SMILES string of the molecule is CCS(=O)(=O)C1CSCCN1c1ccc([N+](=O)[O-])c(N)n1. The summed E-state index contributed by atoms with van der Waals surface area (Å²) in [5.74, 6) is 1.42. The third-order valence-corrected chi connectivity index (χ3v) is 6.57. The maximum atomic E-state index is 12.2. The fourth-order valence-corrected chi connectivity index (χ4v) is 5.08. The number of hydrogen-bond acceptors (Lipinski definition) is 8. The third-order valence-electron chi connectivity index (χ3n) is 3.28. The first kappa shape index (κ1) is 15.8. The molecule has 116 valence electrons. The lowest BCUT2D eigenvalue weighted by atomic mass is 10.3. The van der Waals surface area contributed by atoms with Crippen LogP contribution in [0.3, 0.4) is 0 Å². The Morgan fingerprint density at radius 3 is 2.86 bits per heavy atom. The number of thioether (sulfide) groups is 1. The molecule has 1 aromatic rings. The van der Waals surface area contributed by atoms with Gasteiger partial charge in [0.1, 0.15) is 11.2 Å². The van der Waals surface area contributed by atoms with E-state index in [1.54, 1.807) is 23.6 Å². The van der Waals surface area contributed by atoms with Crippen LogP contribution in [0.5, 0.6) is 0 Å². The molecule has 0 aromatic carbocycles. The average molecular weight is 332 g/mol. The zero-order chi connectivity index (χ0) is 15.6. The van der Waals surface area contributed by atoms with E-state index in [9.17, 15) is 18.5 Å². The van der Waals surface area contributed by atoms with Gasteiger partial charge in [-0.3, -0.25) is 10.1 Å². The Kier molecular flexibility index (Phi) is 4.57. The molecule has 1 saturated heterocycles. The van der Waals surface area contributed by atoms with Crippen LogP contribution in [0.1, 0.15) is 6.92 Å². The molecular formula is C11H16N4O4S2. The highest BCUT2D eigenvalue weighted by atomic mass is 32.2. The molecule has 1 aliphatic heterocycles. The summed E-state index contributed by atoms with van der Waals surface area (Å²) in [6.45, 7) is 2.11. The van der Waals surface area contributed by atoms with E-state index in [0.29, 0.717) is 18.1 Å². The highest BCUT2D eigenvalue weighted by Gasteiger charge is 2.34. The van der Waals surface area contributed by atoms with Gasteiger partial charge in [0.15, 0.2) is 9.84 Å². The van der Waals surface area contributed by atoms with Crippen LogP contribution in [-0.2, 0) is 9.84 Å². The van der Waals surface area contributed by atoms with Crippen LogP contribution in [0.25, 0.3) is 0 Å². The zero-order valence-corrected chi connectivity index (χ0v) is 13.1. The molecule has 1 fully saturated rings. The fourth-order valence-electron chi connectivity index (χ4n) is 2.10. The van der Waals surface area contributed by atoms with Crippen molar-refractivity contribution in [2.24, 2.45) is 0 Å². The first-order valence-corrected chi connectivity index (χ1v) is 9.20. The van der Waals surface area contributed by atoms with Crippen LogP contribution in [-0.4, -0.2) is 47.5 Å². The van der Waals surface area contributed by atoms with E-state index in [0.717, 1.165) is 5.75 Å². The Morgan fingerprint density at radius 1 is 1.57 bits per heavy atom. The summed E-state index contributed by atoms with van der Waals surface area (Å²) < 4.78 is 24.4. The molecule has 0 radical (unpaired) electrons. The molecule has 0 saturated carbocycles. The number of nitro groups is 1. The molecule has 0 amide bonds. The van der Waals surface area contributed by atoms with Crippen molar-refractivity contribution in [3.8, 4) is 0 Å². The number of aromatic nitrogens is 1. The molecule has 10 heteroatoms.